The summed E-state index contributed by atoms with van der Waals surface area (Å²) < 4.78 is 4.76. The fraction of sp³-hybridized carbons (Fsp3) is 0.500. The highest BCUT2D eigenvalue weighted by molar-refractivity contribution is 7.09. The van der Waals surface area contributed by atoms with Gasteiger partial charge in [0.2, 0.25) is 0 Å². The van der Waals surface area contributed by atoms with Gasteiger partial charge in [0, 0.05) is 18.9 Å². The highest BCUT2D eigenvalue weighted by atomic mass is 32.1. The van der Waals surface area contributed by atoms with Crippen molar-refractivity contribution in [1.29, 1.82) is 0 Å². The van der Waals surface area contributed by atoms with E-state index in [4.69, 9.17) is 4.74 Å². The van der Waals surface area contributed by atoms with Gasteiger partial charge in [-0.15, -0.1) is 11.3 Å². The van der Waals surface area contributed by atoms with Gasteiger partial charge in [-0.3, -0.25) is 9.59 Å². The summed E-state index contributed by atoms with van der Waals surface area (Å²) in [5.74, 6) is -0.312. The molecule has 0 bridgehead atoms. The molecule has 0 aliphatic heterocycles. The highest BCUT2D eigenvalue weighted by Crippen LogP contribution is 2.10. The summed E-state index contributed by atoms with van der Waals surface area (Å²) in [5.41, 5.74) is 0.392. The van der Waals surface area contributed by atoms with Crippen LogP contribution < -0.4 is 0 Å². The minimum absolute atomic E-state index is 0.0769. The third-order valence-corrected chi connectivity index (χ3v) is 2.62. The van der Waals surface area contributed by atoms with E-state index in [2.05, 4.69) is 4.98 Å². The molecular weight excluding hydrogens is 214 g/mol. The fourth-order valence-electron chi connectivity index (χ4n) is 1.07. The van der Waals surface area contributed by atoms with Crippen LogP contribution in [0.1, 0.15) is 28.3 Å². The first-order valence-corrected chi connectivity index (χ1v) is 5.47. The number of rotatable bonds is 6. The van der Waals surface area contributed by atoms with E-state index in [-0.39, 0.29) is 24.4 Å². The minimum Gasteiger partial charge on any atom is -0.384 e. The van der Waals surface area contributed by atoms with Crippen molar-refractivity contribution in [3.63, 3.8) is 0 Å². The molecule has 1 aromatic rings. The number of thiazole rings is 1. The second kappa shape index (κ2) is 5.72. The first-order chi connectivity index (χ1) is 7.13. The zero-order valence-corrected chi connectivity index (χ0v) is 9.60. The number of aryl methyl sites for hydroxylation is 1. The van der Waals surface area contributed by atoms with Gasteiger partial charge in [-0.1, -0.05) is 0 Å². The summed E-state index contributed by atoms with van der Waals surface area (Å²) in [6.45, 7) is 2.19. The Labute approximate surface area is 92.3 Å². The molecule has 0 saturated carbocycles. The van der Waals surface area contributed by atoms with Crippen LogP contribution >= 0.6 is 11.3 Å². The predicted molar refractivity (Wildman–Crippen MR) is 57.3 cm³/mol. The third-order valence-electron chi connectivity index (χ3n) is 1.85. The molecule has 0 atom stereocenters. The number of methoxy groups -OCH3 is 1. The molecule has 0 aliphatic rings. The average Bonchev–Trinajstić information content (AvgIpc) is 2.61. The fourth-order valence-corrected chi connectivity index (χ4v) is 1.68. The molecule has 0 spiro atoms. The molecule has 0 aromatic carbocycles. The molecule has 4 nitrogen and oxygen atoms in total. The van der Waals surface area contributed by atoms with Crippen molar-refractivity contribution < 1.29 is 14.3 Å². The molecule has 0 aliphatic carbocycles. The van der Waals surface area contributed by atoms with Crippen LogP contribution in [0.3, 0.4) is 0 Å². The first kappa shape index (κ1) is 12.0. The van der Waals surface area contributed by atoms with Gasteiger partial charge in [-0.2, -0.15) is 0 Å². The van der Waals surface area contributed by atoms with Crippen molar-refractivity contribution >= 4 is 22.9 Å². The van der Waals surface area contributed by atoms with Crippen molar-refractivity contribution in [1.82, 2.24) is 4.98 Å². The number of nitrogens with zero attached hydrogens (tertiary/aromatic N) is 1. The van der Waals surface area contributed by atoms with Crippen LogP contribution in [0.2, 0.25) is 0 Å². The lowest BCUT2D eigenvalue weighted by Gasteiger charge is -1.97. The van der Waals surface area contributed by atoms with Crippen LogP contribution in [-0.4, -0.2) is 30.3 Å². The van der Waals surface area contributed by atoms with E-state index in [1.165, 1.54) is 18.4 Å². The predicted octanol–water partition coefficient (Wildman–Crippen LogP) is 1.63. The van der Waals surface area contributed by atoms with Crippen LogP contribution in [0, 0.1) is 6.92 Å². The molecule has 0 amide bonds. The Balaban J connectivity index is 2.45. The molecule has 1 rings (SSSR count). The van der Waals surface area contributed by atoms with Crippen LogP contribution in [0.5, 0.6) is 0 Å². The molecule has 5 heteroatoms. The summed E-state index contributed by atoms with van der Waals surface area (Å²) in [6.07, 6.45) is 0.206. The Morgan fingerprint density at radius 2 is 2.27 bits per heavy atom. The number of hydrogen-bond donors (Lipinski definition) is 0. The topological polar surface area (TPSA) is 56.3 Å². The zero-order valence-electron chi connectivity index (χ0n) is 8.78. The van der Waals surface area contributed by atoms with Crippen molar-refractivity contribution in [2.45, 2.75) is 19.8 Å². The van der Waals surface area contributed by atoms with Gasteiger partial charge in [-0.05, 0) is 6.92 Å². The number of ether oxygens (including phenoxy) is 1. The molecule has 82 valence electrons. The van der Waals surface area contributed by atoms with Crippen molar-refractivity contribution in [3.8, 4) is 0 Å². The lowest BCUT2D eigenvalue weighted by Crippen LogP contribution is -2.10. The van der Waals surface area contributed by atoms with Crippen molar-refractivity contribution in [3.05, 3.63) is 16.1 Å². The molecule has 0 fully saturated rings. The van der Waals surface area contributed by atoms with Crippen LogP contribution in [0.15, 0.2) is 5.38 Å². The molecule has 0 radical (unpaired) electrons. The zero-order chi connectivity index (χ0) is 11.3. The van der Waals surface area contributed by atoms with E-state index >= 15 is 0 Å². The summed E-state index contributed by atoms with van der Waals surface area (Å²) in [5, 5.41) is 2.52. The van der Waals surface area contributed by atoms with Gasteiger partial charge in [0.15, 0.2) is 5.78 Å². The van der Waals surface area contributed by atoms with E-state index in [0.29, 0.717) is 12.3 Å². The number of carbonyl (C=O) groups is 2. The van der Waals surface area contributed by atoms with E-state index in [1.807, 2.05) is 6.92 Å². The normalized spacial score (nSPS) is 10.3. The standard InChI is InChI=1S/C10H13NO3S/c1-7-11-9(6-15-7)10(13)5-8(12)3-4-14-2/h6H,3-5H2,1-2H3. The Morgan fingerprint density at radius 3 is 2.80 bits per heavy atom. The Bertz CT molecular complexity index is 359. The van der Waals surface area contributed by atoms with Gasteiger partial charge >= 0.3 is 0 Å². The largest absolute Gasteiger partial charge is 0.384 e. The van der Waals surface area contributed by atoms with Crippen LogP contribution in [-0.2, 0) is 9.53 Å². The van der Waals surface area contributed by atoms with Gasteiger partial charge in [-0.25, -0.2) is 4.98 Å². The maximum Gasteiger partial charge on any atom is 0.189 e. The maximum absolute atomic E-state index is 11.5. The highest BCUT2D eigenvalue weighted by Gasteiger charge is 2.13. The first-order valence-electron chi connectivity index (χ1n) is 4.59. The lowest BCUT2D eigenvalue weighted by molar-refractivity contribution is -0.119. The molecule has 0 N–H and O–H groups in total. The molecule has 15 heavy (non-hydrogen) atoms. The number of carbonyl (C=O) groups excluding carboxylic acids is 2. The summed E-state index contributed by atoms with van der Waals surface area (Å²) in [6, 6.07) is 0. The van der Waals surface area contributed by atoms with Gasteiger partial charge in [0.05, 0.1) is 18.0 Å². The summed E-state index contributed by atoms with van der Waals surface area (Å²) >= 11 is 1.41. The smallest absolute Gasteiger partial charge is 0.189 e. The monoisotopic (exact) mass is 227 g/mol. The van der Waals surface area contributed by atoms with E-state index in [1.54, 1.807) is 5.38 Å². The third kappa shape index (κ3) is 3.89. The van der Waals surface area contributed by atoms with E-state index < -0.39 is 0 Å². The quantitative estimate of drug-likeness (QED) is 0.547. The number of hydrogen-bond acceptors (Lipinski definition) is 5. The summed E-state index contributed by atoms with van der Waals surface area (Å²) in [4.78, 5) is 26.8. The SMILES string of the molecule is COCCC(=O)CC(=O)c1csc(C)n1. The molecule has 1 heterocycles. The number of aromatic nitrogens is 1. The van der Waals surface area contributed by atoms with E-state index in [0.717, 1.165) is 5.01 Å². The van der Waals surface area contributed by atoms with Gasteiger partial charge in [0.25, 0.3) is 0 Å². The second-order valence-electron chi connectivity index (χ2n) is 3.13. The Kier molecular flexibility index (Phi) is 4.58. The number of ketones is 2. The van der Waals surface area contributed by atoms with Gasteiger partial charge < -0.3 is 4.74 Å². The molecule has 0 unspecified atom stereocenters. The average molecular weight is 227 g/mol. The Hall–Kier alpha value is -1.07. The summed E-state index contributed by atoms with van der Waals surface area (Å²) in [7, 11) is 1.53. The second-order valence-corrected chi connectivity index (χ2v) is 4.20. The molecule has 1 aromatic heterocycles. The van der Waals surface area contributed by atoms with Crippen LogP contribution in [0.25, 0.3) is 0 Å². The van der Waals surface area contributed by atoms with Crippen molar-refractivity contribution in [2.75, 3.05) is 13.7 Å². The van der Waals surface area contributed by atoms with Gasteiger partial charge in [0.1, 0.15) is 11.5 Å². The van der Waals surface area contributed by atoms with Crippen molar-refractivity contribution in [2.24, 2.45) is 0 Å². The minimum atomic E-state index is -0.208. The lowest BCUT2D eigenvalue weighted by atomic mass is 10.1. The van der Waals surface area contributed by atoms with E-state index in [9.17, 15) is 9.59 Å². The van der Waals surface area contributed by atoms with Crippen LogP contribution in [0.4, 0.5) is 0 Å². The molecule has 0 saturated heterocycles. The maximum atomic E-state index is 11.5. The Morgan fingerprint density at radius 1 is 1.53 bits per heavy atom. The molecular formula is C10H13NO3S. The number of Topliss-reactive ketones (excluding diaryl/α,β-unsaturated/α-hetero) is 2.